The Morgan fingerprint density at radius 2 is 1.81 bits per heavy atom. The van der Waals surface area contributed by atoms with E-state index in [-0.39, 0.29) is 17.7 Å². The standard InChI is InChI=1S/C26H32N2O3/c1-27(2)25(30)26(15-16-28(18-26)24(29)21-7-6-8-21)17-19-11-13-20(14-12-19)22-9-4-5-10-23(22)31-3/h4-5,9-14,21H,6-8,15-18H2,1-3H3. The number of benzene rings is 2. The van der Waals surface area contributed by atoms with Gasteiger partial charge >= 0.3 is 0 Å². The van der Waals surface area contributed by atoms with Crippen molar-refractivity contribution < 1.29 is 14.3 Å². The van der Waals surface area contributed by atoms with Crippen molar-refractivity contribution >= 4 is 11.8 Å². The van der Waals surface area contributed by atoms with Crippen molar-refractivity contribution in [3.05, 3.63) is 54.1 Å². The Hall–Kier alpha value is -2.82. The fraction of sp³-hybridized carbons (Fsp3) is 0.462. The van der Waals surface area contributed by atoms with E-state index in [1.807, 2.05) is 43.3 Å². The third kappa shape index (κ3) is 4.18. The zero-order valence-corrected chi connectivity index (χ0v) is 18.8. The first-order valence-electron chi connectivity index (χ1n) is 11.2. The minimum absolute atomic E-state index is 0.116. The van der Waals surface area contributed by atoms with Gasteiger partial charge in [-0.3, -0.25) is 9.59 Å². The van der Waals surface area contributed by atoms with E-state index in [1.54, 1.807) is 12.0 Å². The van der Waals surface area contributed by atoms with Gasteiger partial charge in [0.25, 0.3) is 0 Å². The van der Waals surface area contributed by atoms with Gasteiger partial charge in [-0.15, -0.1) is 0 Å². The molecule has 0 N–H and O–H groups in total. The largest absolute Gasteiger partial charge is 0.496 e. The topological polar surface area (TPSA) is 49.9 Å². The molecule has 0 radical (unpaired) electrons. The summed E-state index contributed by atoms with van der Waals surface area (Å²) in [5.41, 5.74) is 2.71. The third-order valence-corrected chi connectivity index (χ3v) is 6.89. The monoisotopic (exact) mass is 420 g/mol. The zero-order chi connectivity index (χ0) is 22.0. The van der Waals surface area contributed by atoms with Crippen molar-refractivity contribution in [1.82, 2.24) is 9.80 Å². The van der Waals surface area contributed by atoms with E-state index in [4.69, 9.17) is 4.74 Å². The molecule has 164 valence electrons. The normalized spacial score (nSPS) is 20.9. The van der Waals surface area contributed by atoms with Crippen LogP contribution in [0.3, 0.4) is 0 Å². The highest BCUT2D eigenvalue weighted by atomic mass is 16.5. The van der Waals surface area contributed by atoms with E-state index in [9.17, 15) is 9.59 Å². The smallest absolute Gasteiger partial charge is 0.230 e. The van der Waals surface area contributed by atoms with E-state index < -0.39 is 5.41 Å². The van der Waals surface area contributed by atoms with Gasteiger partial charge in [0.05, 0.1) is 12.5 Å². The Labute approximate surface area is 185 Å². The van der Waals surface area contributed by atoms with E-state index >= 15 is 0 Å². The Morgan fingerprint density at radius 1 is 1.10 bits per heavy atom. The second-order valence-corrected chi connectivity index (χ2v) is 9.19. The van der Waals surface area contributed by atoms with Crippen molar-refractivity contribution in [3.63, 3.8) is 0 Å². The lowest BCUT2D eigenvalue weighted by molar-refractivity contribution is -0.141. The second kappa shape index (κ2) is 8.74. The number of hydrogen-bond donors (Lipinski definition) is 0. The Balaban J connectivity index is 1.55. The highest BCUT2D eigenvalue weighted by molar-refractivity contribution is 5.86. The predicted molar refractivity (Wildman–Crippen MR) is 122 cm³/mol. The van der Waals surface area contributed by atoms with Gasteiger partial charge in [0, 0.05) is 38.7 Å². The van der Waals surface area contributed by atoms with Gasteiger partial charge in [-0.1, -0.05) is 48.9 Å². The lowest BCUT2D eigenvalue weighted by atomic mass is 9.79. The average molecular weight is 421 g/mol. The first-order chi connectivity index (χ1) is 14.9. The van der Waals surface area contributed by atoms with Gasteiger partial charge in [-0.05, 0) is 42.9 Å². The van der Waals surface area contributed by atoms with Crippen LogP contribution in [0.1, 0.15) is 31.2 Å². The number of nitrogens with zero attached hydrogens (tertiary/aromatic N) is 2. The molecule has 2 fully saturated rings. The SMILES string of the molecule is COc1ccccc1-c1ccc(CC2(C(=O)N(C)C)CCN(C(=O)C3CCC3)C2)cc1. The molecule has 2 aliphatic rings. The summed E-state index contributed by atoms with van der Waals surface area (Å²) in [5.74, 6) is 1.37. The van der Waals surface area contributed by atoms with E-state index in [0.717, 1.165) is 48.1 Å². The Bertz CT molecular complexity index is 949. The molecule has 2 amide bonds. The molecule has 1 aliphatic carbocycles. The van der Waals surface area contributed by atoms with Crippen molar-refractivity contribution in [2.24, 2.45) is 11.3 Å². The van der Waals surface area contributed by atoms with Crippen LogP contribution >= 0.6 is 0 Å². The molecule has 1 saturated carbocycles. The number of methoxy groups -OCH3 is 1. The summed E-state index contributed by atoms with van der Waals surface area (Å²) in [4.78, 5) is 29.7. The van der Waals surface area contributed by atoms with Crippen LogP contribution in [-0.4, -0.2) is 55.9 Å². The fourth-order valence-electron chi connectivity index (χ4n) is 4.92. The summed E-state index contributed by atoms with van der Waals surface area (Å²) in [5, 5.41) is 0. The first-order valence-corrected chi connectivity index (χ1v) is 11.2. The molecular formula is C26H32N2O3. The quantitative estimate of drug-likeness (QED) is 0.709. The van der Waals surface area contributed by atoms with Crippen LogP contribution in [0.25, 0.3) is 11.1 Å². The lowest BCUT2D eigenvalue weighted by Gasteiger charge is -2.33. The van der Waals surface area contributed by atoms with E-state index in [2.05, 4.69) is 24.3 Å². The molecule has 5 nitrogen and oxygen atoms in total. The lowest BCUT2D eigenvalue weighted by Crippen LogP contribution is -2.46. The molecule has 1 heterocycles. The molecule has 1 aliphatic heterocycles. The van der Waals surface area contributed by atoms with Gasteiger partial charge in [-0.25, -0.2) is 0 Å². The number of likely N-dealkylation sites (tertiary alicyclic amines) is 1. The van der Waals surface area contributed by atoms with Crippen molar-refractivity contribution in [1.29, 1.82) is 0 Å². The van der Waals surface area contributed by atoms with Crippen LogP contribution in [0.15, 0.2) is 48.5 Å². The van der Waals surface area contributed by atoms with Gasteiger partial charge < -0.3 is 14.5 Å². The number of ether oxygens (including phenoxy) is 1. The molecule has 1 unspecified atom stereocenters. The number of carbonyl (C=O) groups is 2. The van der Waals surface area contributed by atoms with Crippen LogP contribution in [-0.2, 0) is 16.0 Å². The molecule has 2 aromatic carbocycles. The highest BCUT2D eigenvalue weighted by Crippen LogP contribution is 2.39. The fourth-order valence-corrected chi connectivity index (χ4v) is 4.92. The maximum Gasteiger partial charge on any atom is 0.230 e. The van der Waals surface area contributed by atoms with Gasteiger partial charge in [0.15, 0.2) is 0 Å². The minimum Gasteiger partial charge on any atom is -0.496 e. The summed E-state index contributed by atoms with van der Waals surface area (Å²) >= 11 is 0. The zero-order valence-electron chi connectivity index (χ0n) is 18.8. The van der Waals surface area contributed by atoms with Gasteiger partial charge in [0.2, 0.25) is 11.8 Å². The van der Waals surface area contributed by atoms with Crippen LogP contribution in [0.5, 0.6) is 5.75 Å². The summed E-state index contributed by atoms with van der Waals surface area (Å²) in [6.45, 7) is 1.20. The molecule has 0 aromatic heterocycles. The highest BCUT2D eigenvalue weighted by Gasteiger charge is 2.47. The molecule has 4 rings (SSSR count). The summed E-state index contributed by atoms with van der Waals surface area (Å²) in [6, 6.07) is 16.4. The summed E-state index contributed by atoms with van der Waals surface area (Å²) < 4.78 is 5.49. The second-order valence-electron chi connectivity index (χ2n) is 9.19. The Morgan fingerprint density at radius 3 is 2.42 bits per heavy atom. The molecule has 5 heteroatoms. The van der Waals surface area contributed by atoms with Crippen LogP contribution < -0.4 is 4.74 Å². The van der Waals surface area contributed by atoms with Crippen molar-refractivity contribution in [3.8, 4) is 16.9 Å². The van der Waals surface area contributed by atoms with Crippen molar-refractivity contribution in [2.45, 2.75) is 32.1 Å². The van der Waals surface area contributed by atoms with Crippen molar-refractivity contribution in [2.75, 3.05) is 34.3 Å². The number of rotatable bonds is 6. The minimum atomic E-state index is -0.547. The molecule has 1 saturated heterocycles. The third-order valence-electron chi connectivity index (χ3n) is 6.89. The van der Waals surface area contributed by atoms with E-state index in [0.29, 0.717) is 19.5 Å². The average Bonchev–Trinajstić information content (AvgIpc) is 3.17. The van der Waals surface area contributed by atoms with Gasteiger partial charge in [-0.2, -0.15) is 0 Å². The number of para-hydroxylation sites is 1. The Kier molecular flexibility index (Phi) is 6.03. The molecule has 2 aromatic rings. The van der Waals surface area contributed by atoms with E-state index in [1.165, 1.54) is 0 Å². The number of carbonyl (C=O) groups excluding carboxylic acids is 2. The summed E-state index contributed by atoms with van der Waals surface area (Å²) in [6.07, 6.45) is 4.49. The first kappa shape index (κ1) is 21.4. The van der Waals surface area contributed by atoms with Crippen LogP contribution in [0, 0.1) is 11.3 Å². The molecular weight excluding hydrogens is 388 g/mol. The maximum atomic E-state index is 13.2. The number of amides is 2. The van der Waals surface area contributed by atoms with Gasteiger partial charge in [0.1, 0.15) is 5.75 Å². The molecule has 31 heavy (non-hydrogen) atoms. The van der Waals surface area contributed by atoms with Crippen LogP contribution in [0.4, 0.5) is 0 Å². The molecule has 1 atom stereocenters. The maximum absolute atomic E-state index is 13.2. The summed E-state index contributed by atoms with van der Waals surface area (Å²) in [7, 11) is 5.30. The molecule has 0 spiro atoms. The van der Waals surface area contributed by atoms with Crippen LogP contribution in [0.2, 0.25) is 0 Å². The predicted octanol–water partition coefficient (Wildman–Crippen LogP) is 4.01. The number of hydrogen-bond acceptors (Lipinski definition) is 3. The molecule has 0 bridgehead atoms.